The van der Waals surface area contributed by atoms with Crippen LogP contribution in [0, 0.1) is 0 Å². The highest BCUT2D eigenvalue weighted by atomic mass is 16.3. The summed E-state index contributed by atoms with van der Waals surface area (Å²) in [6.07, 6.45) is 6.00. The van der Waals surface area contributed by atoms with Crippen LogP contribution in [0.5, 0.6) is 0 Å². The number of fused-ring (bicyclic) bond motifs is 14. The number of benzene rings is 10. The smallest absolute Gasteiger partial charge is 0.143 e. The van der Waals surface area contributed by atoms with Crippen LogP contribution in [0.4, 0.5) is 0 Å². The first-order valence-corrected chi connectivity index (χ1v) is 19.6. The van der Waals surface area contributed by atoms with Gasteiger partial charge in [0.2, 0.25) is 0 Å². The van der Waals surface area contributed by atoms with Crippen LogP contribution in [0.15, 0.2) is 179 Å². The van der Waals surface area contributed by atoms with Gasteiger partial charge in [-0.15, -0.1) is 0 Å². The molecule has 57 heavy (non-hydrogen) atoms. The van der Waals surface area contributed by atoms with Crippen LogP contribution in [0.25, 0.3) is 132 Å². The number of hydrogen-bond acceptors (Lipinski definition) is 2. The Labute approximate surface area is 328 Å². The molecule has 0 bridgehead atoms. The maximum absolute atomic E-state index is 7.02. The highest BCUT2D eigenvalue weighted by molar-refractivity contribution is 6.34. The summed E-state index contributed by atoms with van der Waals surface area (Å²) >= 11 is 0. The van der Waals surface area contributed by atoms with Gasteiger partial charge in [-0.1, -0.05) is 152 Å². The van der Waals surface area contributed by atoms with Crippen molar-refractivity contribution >= 4 is 110 Å². The lowest BCUT2D eigenvalue weighted by Gasteiger charge is -2.20. The molecule has 2 heterocycles. The lowest BCUT2D eigenvalue weighted by molar-refractivity contribution is 0.603. The van der Waals surface area contributed by atoms with Gasteiger partial charge in [-0.3, -0.25) is 0 Å². The Balaban J connectivity index is 1.26. The van der Waals surface area contributed by atoms with E-state index in [0.717, 1.165) is 60.6 Å². The second-order valence-electron chi connectivity index (χ2n) is 15.0. The molecule has 0 saturated heterocycles. The van der Waals surface area contributed by atoms with Crippen molar-refractivity contribution in [2.45, 2.75) is 6.92 Å². The zero-order chi connectivity index (χ0) is 37.8. The second kappa shape index (κ2) is 12.0. The second-order valence-corrected chi connectivity index (χ2v) is 15.0. The van der Waals surface area contributed by atoms with E-state index in [4.69, 9.17) is 8.83 Å². The van der Waals surface area contributed by atoms with E-state index in [-0.39, 0.29) is 0 Å². The molecule has 0 saturated carbocycles. The van der Waals surface area contributed by atoms with Gasteiger partial charge in [-0.05, 0) is 108 Å². The van der Waals surface area contributed by atoms with E-state index in [1.165, 1.54) is 70.6 Å². The number of hydrogen-bond donors (Lipinski definition) is 0. The summed E-state index contributed by atoms with van der Waals surface area (Å²) in [4.78, 5) is 0. The molecule has 0 amide bonds. The van der Waals surface area contributed by atoms with Crippen molar-refractivity contribution in [3.8, 4) is 22.3 Å². The lowest BCUT2D eigenvalue weighted by atomic mass is 9.82. The Hall–Kier alpha value is -7.42. The van der Waals surface area contributed by atoms with Gasteiger partial charge in [-0.25, -0.2) is 0 Å². The summed E-state index contributed by atoms with van der Waals surface area (Å²) < 4.78 is 13.4. The van der Waals surface area contributed by atoms with Crippen LogP contribution in [0.2, 0.25) is 0 Å². The summed E-state index contributed by atoms with van der Waals surface area (Å²) in [5, 5.41) is 17.8. The maximum atomic E-state index is 7.02. The summed E-state index contributed by atoms with van der Waals surface area (Å²) in [7, 11) is 0. The van der Waals surface area contributed by atoms with E-state index < -0.39 is 0 Å². The highest BCUT2D eigenvalue weighted by Gasteiger charge is 2.25. The number of para-hydroxylation sites is 1. The summed E-state index contributed by atoms with van der Waals surface area (Å²) in [6.45, 7) is 6.13. The Bertz CT molecular complexity index is 3650. The Morgan fingerprint density at radius 2 is 0.982 bits per heavy atom. The molecule has 10 aromatic carbocycles. The third-order valence-corrected chi connectivity index (χ3v) is 12.1. The molecule has 12 aromatic rings. The molecule has 0 aliphatic heterocycles. The van der Waals surface area contributed by atoms with Crippen LogP contribution in [0.1, 0.15) is 18.2 Å². The van der Waals surface area contributed by atoms with Crippen LogP contribution in [-0.2, 0) is 0 Å². The van der Waals surface area contributed by atoms with E-state index >= 15 is 0 Å². The highest BCUT2D eigenvalue weighted by Crippen LogP contribution is 2.51. The van der Waals surface area contributed by atoms with E-state index in [2.05, 4.69) is 176 Å². The van der Waals surface area contributed by atoms with E-state index in [9.17, 15) is 0 Å². The van der Waals surface area contributed by atoms with Crippen molar-refractivity contribution in [1.29, 1.82) is 0 Å². The average Bonchev–Trinajstić information content (AvgIpc) is 3.83. The monoisotopic (exact) mass is 726 g/mol. The fourth-order valence-corrected chi connectivity index (χ4v) is 9.80. The minimum Gasteiger partial charge on any atom is -0.456 e. The number of furan rings is 2. The third-order valence-electron chi connectivity index (χ3n) is 12.1. The fraction of sp³-hybridized carbons (Fsp3) is 0.0182. The predicted molar refractivity (Wildman–Crippen MR) is 244 cm³/mol. The first-order chi connectivity index (χ1) is 28.2. The van der Waals surface area contributed by atoms with Gasteiger partial charge in [0.25, 0.3) is 0 Å². The standard InChI is InChI=1S/C55H34O2/c1-3-15-42-46(4-2)56-48-29-27-34-31-45(55-54(49(34)53(42)48)43-24-13-14-25-47(43)57-55)52-39-22-11-9-20-37(39)51(38-21-10-12-23-40(38)52)44-30-33-17-6-8-19-36(33)50-35-18-7-5-16-32(35)26-28-41(44)50/h3-31H,2H2,1H3/b15-3-. The van der Waals surface area contributed by atoms with Crippen molar-refractivity contribution in [2.24, 2.45) is 0 Å². The molecular formula is C55H34O2. The molecule has 0 aliphatic carbocycles. The third kappa shape index (κ3) is 4.41. The van der Waals surface area contributed by atoms with Crippen molar-refractivity contribution in [1.82, 2.24) is 0 Å². The van der Waals surface area contributed by atoms with Gasteiger partial charge < -0.3 is 8.83 Å². The van der Waals surface area contributed by atoms with E-state index in [1.54, 1.807) is 6.08 Å². The first kappa shape index (κ1) is 31.9. The predicted octanol–water partition coefficient (Wildman–Crippen LogP) is 16.3. The fourth-order valence-electron chi connectivity index (χ4n) is 9.80. The van der Waals surface area contributed by atoms with Gasteiger partial charge in [0.15, 0.2) is 0 Å². The molecule has 266 valence electrons. The van der Waals surface area contributed by atoms with Crippen molar-refractivity contribution < 1.29 is 8.83 Å². The zero-order valence-electron chi connectivity index (χ0n) is 31.3. The van der Waals surface area contributed by atoms with Crippen molar-refractivity contribution in [3.05, 3.63) is 182 Å². The van der Waals surface area contributed by atoms with Gasteiger partial charge in [0.1, 0.15) is 22.5 Å². The largest absolute Gasteiger partial charge is 0.456 e. The van der Waals surface area contributed by atoms with Gasteiger partial charge >= 0.3 is 0 Å². The minimum absolute atomic E-state index is 0.766. The van der Waals surface area contributed by atoms with Crippen LogP contribution >= 0.6 is 0 Å². The van der Waals surface area contributed by atoms with Crippen LogP contribution < -0.4 is 0 Å². The molecule has 0 unspecified atom stereocenters. The molecule has 0 fully saturated rings. The SMILES string of the molecule is C=Cc1oc2ccc3cc(-c4c5ccccc5c(-c5cc6ccccc6c6c5ccc5ccccc56)c5ccccc45)c4oc5ccccc5c4c3c2c1/C=C\C. The average molecular weight is 727 g/mol. The molecule has 2 aromatic heterocycles. The summed E-state index contributed by atoms with van der Waals surface area (Å²) in [6, 6.07) is 57.5. The van der Waals surface area contributed by atoms with E-state index in [1.807, 2.05) is 6.92 Å². The Kier molecular flexibility index (Phi) is 6.73. The maximum Gasteiger partial charge on any atom is 0.143 e. The van der Waals surface area contributed by atoms with Gasteiger partial charge in [-0.2, -0.15) is 0 Å². The topological polar surface area (TPSA) is 26.3 Å². The minimum atomic E-state index is 0.766. The molecule has 0 spiro atoms. The normalized spacial score (nSPS) is 12.3. The van der Waals surface area contributed by atoms with Crippen LogP contribution in [0.3, 0.4) is 0 Å². The lowest BCUT2D eigenvalue weighted by Crippen LogP contribution is -1.93. The van der Waals surface area contributed by atoms with Gasteiger partial charge in [0.05, 0.1) is 0 Å². The molecule has 12 rings (SSSR count). The zero-order valence-corrected chi connectivity index (χ0v) is 31.3. The summed E-state index contributed by atoms with van der Waals surface area (Å²) in [5.74, 6) is 0.766. The van der Waals surface area contributed by atoms with Crippen molar-refractivity contribution in [3.63, 3.8) is 0 Å². The van der Waals surface area contributed by atoms with E-state index in [0.29, 0.717) is 0 Å². The first-order valence-electron chi connectivity index (χ1n) is 19.6. The summed E-state index contributed by atoms with van der Waals surface area (Å²) in [5.41, 5.74) is 8.31. The Morgan fingerprint density at radius 1 is 0.421 bits per heavy atom. The van der Waals surface area contributed by atoms with Crippen LogP contribution in [-0.4, -0.2) is 0 Å². The molecule has 0 N–H and O–H groups in total. The number of allylic oxidation sites excluding steroid dienone is 1. The Morgan fingerprint density at radius 3 is 1.67 bits per heavy atom. The molecule has 0 radical (unpaired) electrons. The molecule has 0 aliphatic rings. The molecule has 2 nitrogen and oxygen atoms in total. The van der Waals surface area contributed by atoms with Crippen molar-refractivity contribution in [2.75, 3.05) is 0 Å². The molecular weight excluding hydrogens is 693 g/mol. The quantitative estimate of drug-likeness (QED) is 0.133. The number of rotatable bonds is 4. The molecule has 0 atom stereocenters. The molecule has 2 heteroatoms. The van der Waals surface area contributed by atoms with Gasteiger partial charge in [0, 0.05) is 38.2 Å².